The van der Waals surface area contributed by atoms with E-state index in [1.165, 1.54) is 53.8 Å². The first-order chi connectivity index (χ1) is 18.0. The van der Waals surface area contributed by atoms with E-state index in [4.69, 9.17) is 9.47 Å². The lowest BCUT2D eigenvalue weighted by Gasteiger charge is -2.40. The fraction of sp³-hybridized carbons (Fsp3) is 0.962. The van der Waals surface area contributed by atoms with Gasteiger partial charge in [0, 0.05) is 51.6 Å². The Balaban J connectivity index is 0.998. The van der Waals surface area contributed by atoms with E-state index in [-0.39, 0.29) is 18.4 Å². The maximum atomic E-state index is 13.3. The van der Waals surface area contributed by atoms with Crippen LogP contribution < -0.4 is 5.32 Å². The molecule has 0 unspecified atom stereocenters. The predicted octanol–water partition coefficient (Wildman–Crippen LogP) is 1.24. The molecule has 0 bridgehead atoms. The molecular formula is C26H47N5O5S. The van der Waals surface area contributed by atoms with Crippen LogP contribution in [0.3, 0.4) is 0 Å². The van der Waals surface area contributed by atoms with Crippen LogP contribution in [0.4, 0.5) is 0 Å². The molecule has 0 aliphatic carbocycles. The zero-order valence-electron chi connectivity index (χ0n) is 22.4. The van der Waals surface area contributed by atoms with Gasteiger partial charge in [0.25, 0.3) is 10.2 Å². The van der Waals surface area contributed by atoms with Crippen molar-refractivity contribution in [2.24, 2.45) is 5.92 Å². The summed E-state index contributed by atoms with van der Waals surface area (Å²) >= 11 is 0. The minimum atomic E-state index is -3.58. The van der Waals surface area contributed by atoms with Gasteiger partial charge in [0.05, 0.1) is 19.1 Å². The van der Waals surface area contributed by atoms with Crippen LogP contribution in [-0.4, -0.2) is 123 Å². The van der Waals surface area contributed by atoms with E-state index in [0.29, 0.717) is 58.7 Å². The second-order valence-electron chi connectivity index (χ2n) is 11.5. The number of hydrogen-bond acceptors (Lipinski definition) is 7. The first-order valence-electron chi connectivity index (χ1n) is 14.7. The number of hydrogen-bond donors (Lipinski definition) is 1. The lowest BCUT2D eigenvalue weighted by atomic mass is 9.99. The summed E-state index contributed by atoms with van der Waals surface area (Å²) in [6.45, 7) is 9.22. The molecule has 5 aliphatic rings. The Kier molecular flexibility index (Phi) is 9.42. The molecule has 11 heteroatoms. The second kappa shape index (κ2) is 12.6. The van der Waals surface area contributed by atoms with Gasteiger partial charge in [-0.2, -0.15) is 17.0 Å². The van der Waals surface area contributed by atoms with Crippen LogP contribution in [0.1, 0.15) is 64.2 Å². The summed E-state index contributed by atoms with van der Waals surface area (Å²) < 4.78 is 41.1. The molecule has 0 saturated carbocycles. The molecule has 5 fully saturated rings. The molecule has 5 heterocycles. The highest BCUT2D eigenvalue weighted by Gasteiger charge is 2.44. The van der Waals surface area contributed by atoms with E-state index in [2.05, 4.69) is 15.1 Å². The number of amides is 1. The van der Waals surface area contributed by atoms with Gasteiger partial charge in [-0.25, -0.2) is 0 Å². The number of likely N-dealkylation sites (tertiary alicyclic amines) is 2. The molecule has 0 radical (unpaired) electrons. The third-order valence-corrected chi connectivity index (χ3v) is 11.1. The topological polar surface area (TPSA) is 94.7 Å². The Bertz CT molecular complexity index is 843. The van der Waals surface area contributed by atoms with E-state index in [1.807, 2.05) is 0 Å². The normalized spacial score (nSPS) is 29.6. The van der Waals surface area contributed by atoms with Crippen molar-refractivity contribution in [3.8, 4) is 0 Å². The molecule has 1 spiro atoms. The smallest absolute Gasteiger partial charge is 0.282 e. The van der Waals surface area contributed by atoms with Crippen molar-refractivity contribution in [3.63, 3.8) is 0 Å². The van der Waals surface area contributed by atoms with Gasteiger partial charge >= 0.3 is 0 Å². The maximum absolute atomic E-state index is 13.3. The quantitative estimate of drug-likeness (QED) is 0.462. The van der Waals surface area contributed by atoms with Gasteiger partial charge in [0.2, 0.25) is 5.91 Å². The van der Waals surface area contributed by atoms with Crippen molar-refractivity contribution in [1.29, 1.82) is 0 Å². The van der Waals surface area contributed by atoms with Crippen molar-refractivity contribution in [2.75, 3.05) is 78.7 Å². The van der Waals surface area contributed by atoms with Gasteiger partial charge in [-0.15, -0.1) is 0 Å². The average Bonchev–Trinajstić information content (AvgIpc) is 3.39. The Labute approximate surface area is 223 Å². The summed E-state index contributed by atoms with van der Waals surface area (Å²) in [5.74, 6) is -0.880. The van der Waals surface area contributed by atoms with Crippen LogP contribution >= 0.6 is 0 Å². The molecule has 0 aromatic carbocycles. The lowest BCUT2D eigenvalue weighted by molar-refractivity contribution is -0.179. The number of carbonyl (C=O) groups is 1. The van der Waals surface area contributed by atoms with E-state index >= 15 is 0 Å². The third kappa shape index (κ3) is 6.85. The molecule has 0 aromatic heterocycles. The van der Waals surface area contributed by atoms with Gasteiger partial charge in [-0.05, 0) is 77.7 Å². The minimum Gasteiger partial charge on any atom is -0.356 e. The number of piperidine rings is 4. The summed E-state index contributed by atoms with van der Waals surface area (Å²) in [4.78, 5) is 18.1. The standard InChI is InChI=1S/C26H47N5O5S/c32-25(27-11-5-12-28-16-7-24(8-17-28)29-13-2-1-3-14-29)23-6-4-15-31(22-23)37(33,34)30-18-9-26(10-19-30)35-20-21-36-26/h23-24H,1-22H2,(H,27,32)/t23-/m0/s1. The van der Waals surface area contributed by atoms with Crippen LogP contribution in [0.5, 0.6) is 0 Å². The molecule has 10 nitrogen and oxygen atoms in total. The fourth-order valence-electron chi connectivity index (χ4n) is 6.82. The predicted molar refractivity (Wildman–Crippen MR) is 141 cm³/mol. The van der Waals surface area contributed by atoms with Crippen LogP contribution in [0.2, 0.25) is 0 Å². The zero-order valence-corrected chi connectivity index (χ0v) is 23.3. The molecule has 1 N–H and O–H groups in total. The van der Waals surface area contributed by atoms with E-state index in [9.17, 15) is 13.2 Å². The largest absolute Gasteiger partial charge is 0.356 e. The number of rotatable bonds is 8. The van der Waals surface area contributed by atoms with Crippen molar-refractivity contribution in [3.05, 3.63) is 0 Å². The van der Waals surface area contributed by atoms with Gasteiger partial charge in [-0.1, -0.05) is 6.42 Å². The molecule has 5 saturated heterocycles. The number of carbonyl (C=O) groups excluding carboxylic acids is 1. The first kappa shape index (κ1) is 27.7. The molecule has 37 heavy (non-hydrogen) atoms. The first-order valence-corrected chi connectivity index (χ1v) is 16.1. The monoisotopic (exact) mass is 541 g/mol. The van der Waals surface area contributed by atoms with Gasteiger partial charge in [0.15, 0.2) is 5.79 Å². The van der Waals surface area contributed by atoms with Crippen LogP contribution in [-0.2, 0) is 24.5 Å². The molecule has 212 valence electrons. The fourth-order valence-corrected chi connectivity index (χ4v) is 8.52. The molecule has 1 atom stereocenters. The lowest BCUT2D eigenvalue weighted by Crippen LogP contribution is -2.54. The van der Waals surface area contributed by atoms with Crippen LogP contribution in [0, 0.1) is 5.92 Å². The van der Waals surface area contributed by atoms with Crippen molar-refractivity contribution < 1.29 is 22.7 Å². The van der Waals surface area contributed by atoms with Crippen LogP contribution in [0.15, 0.2) is 0 Å². The van der Waals surface area contributed by atoms with Crippen LogP contribution in [0.25, 0.3) is 0 Å². The number of ether oxygens (including phenoxy) is 2. The molecule has 1 amide bonds. The minimum absolute atomic E-state index is 0.00550. The maximum Gasteiger partial charge on any atom is 0.282 e. The highest BCUT2D eigenvalue weighted by Crippen LogP contribution is 2.33. The molecular weight excluding hydrogens is 494 g/mol. The Morgan fingerprint density at radius 2 is 1.54 bits per heavy atom. The van der Waals surface area contributed by atoms with Gasteiger partial charge in [0.1, 0.15) is 0 Å². The number of nitrogens with zero attached hydrogens (tertiary/aromatic N) is 4. The average molecular weight is 542 g/mol. The van der Waals surface area contributed by atoms with E-state index in [0.717, 1.165) is 38.5 Å². The zero-order chi connectivity index (χ0) is 25.7. The summed E-state index contributed by atoms with van der Waals surface area (Å²) in [5, 5.41) is 3.09. The summed E-state index contributed by atoms with van der Waals surface area (Å²) in [6.07, 6.45) is 10.1. The molecule has 5 aliphatic heterocycles. The molecule has 0 aromatic rings. The molecule has 5 rings (SSSR count). The Hall–Kier alpha value is -0.820. The van der Waals surface area contributed by atoms with Gasteiger partial charge < -0.3 is 24.6 Å². The highest BCUT2D eigenvalue weighted by molar-refractivity contribution is 7.86. The Morgan fingerprint density at radius 3 is 2.24 bits per heavy atom. The summed E-state index contributed by atoms with van der Waals surface area (Å²) in [6, 6.07) is 0.761. The van der Waals surface area contributed by atoms with E-state index in [1.54, 1.807) is 0 Å². The van der Waals surface area contributed by atoms with Gasteiger partial charge in [-0.3, -0.25) is 4.79 Å². The highest BCUT2D eigenvalue weighted by atomic mass is 32.2. The Morgan fingerprint density at radius 1 is 0.838 bits per heavy atom. The summed E-state index contributed by atoms with van der Waals surface area (Å²) in [7, 11) is -3.58. The SMILES string of the molecule is O=C(NCCCN1CCC(N2CCCCC2)CC1)[C@H]1CCCN(S(=O)(=O)N2CCC3(CC2)OCCO3)C1. The third-order valence-electron chi connectivity index (χ3n) is 9.12. The summed E-state index contributed by atoms with van der Waals surface area (Å²) in [5.41, 5.74) is 0. The van der Waals surface area contributed by atoms with E-state index < -0.39 is 16.0 Å². The second-order valence-corrected chi connectivity index (χ2v) is 13.5. The number of nitrogens with one attached hydrogen (secondary N) is 1. The van der Waals surface area contributed by atoms with Crippen molar-refractivity contribution in [2.45, 2.75) is 76.0 Å². The van der Waals surface area contributed by atoms with Crippen molar-refractivity contribution in [1.82, 2.24) is 23.7 Å². The van der Waals surface area contributed by atoms with Crippen molar-refractivity contribution >= 4 is 16.1 Å².